The number of rotatable bonds is 6. The predicted molar refractivity (Wildman–Crippen MR) is 89.7 cm³/mol. The zero-order valence-corrected chi connectivity index (χ0v) is 14.8. The number of ether oxygens (including phenoxy) is 2. The second-order valence-corrected chi connectivity index (χ2v) is 6.81. The quantitative estimate of drug-likeness (QED) is 0.759. The molecule has 1 aromatic heterocycles. The van der Waals surface area contributed by atoms with E-state index in [1.165, 1.54) is 12.4 Å². The summed E-state index contributed by atoms with van der Waals surface area (Å²) in [7, 11) is 3.28. The summed E-state index contributed by atoms with van der Waals surface area (Å²) in [5.74, 6) is 0.142. The number of nitrogens with zero attached hydrogens (tertiary/aromatic N) is 4. The number of carbonyl (C=O) groups excluding carboxylic acids is 1. The number of piperidine rings is 1. The molecule has 1 amide bonds. The van der Waals surface area contributed by atoms with Gasteiger partial charge in [-0.2, -0.15) is 0 Å². The average molecular weight is 352 g/mol. The molecular formula is C17H25FN4O3. The van der Waals surface area contributed by atoms with Crippen LogP contribution in [0.25, 0.3) is 0 Å². The maximum absolute atomic E-state index is 13.0. The van der Waals surface area contributed by atoms with Crippen molar-refractivity contribution in [2.24, 2.45) is 11.3 Å². The molecule has 7 nitrogen and oxygen atoms in total. The highest BCUT2D eigenvalue weighted by atomic mass is 19.1. The number of likely N-dealkylation sites (tertiary alicyclic amines) is 1. The second kappa shape index (κ2) is 7.61. The van der Waals surface area contributed by atoms with Crippen molar-refractivity contribution in [3.8, 4) is 0 Å². The van der Waals surface area contributed by atoms with Crippen LogP contribution in [0.3, 0.4) is 0 Å². The van der Waals surface area contributed by atoms with Crippen LogP contribution in [-0.4, -0.2) is 74.4 Å². The van der Waals surface area contributed by atoms with Crippen molar-refractivity contribution in [2.75, 3.05) is 58.5 Å². The number of carbonyl (C=O) groups is 1. The van der Waals surface area contributed by atoms with Crippen molar-refractivity contribution in [2.45, 2.75) is 12.8 Å². The summed E-state index contributed by atoms with van der Waals surface area (Å²) in [6.07, 6.45) is 4.09. The molecule has 0 bridgehead atoms. The highest BCUT2D eigenvalue weighted by Crippen LogP contribution is 2.45. The van der Waals surface area contributed by atoms with Gasteiger partial charge < -0.3 is 19.3 Å². The number of anilines is 1. The number of halogens is 1. The Morgan fingerprint density at radius 2 is 1.92 bits per heavy atom. The van der Waals surface area contributed by atoms with Crippen LogP contribution in [0.5, 0.6) is 0 Å². The number of aromatic nitrogens is 2. The van der Waals surface area contributed by atoms with Crippen LogP contribution >= 0.6 is 0 Å². The molecule has 1 aromatic rings. The molecule has 8 heteroatoms. The highest BCUT2D eigenvalue weighted by Gasteiger charge is 2.52. The van der Waals surface area contributed by atoms with E-state index in [1.807, 2.05) is 4.90 Å². The summed E-state index contributed by atoms with van der Waals surface area (Å²) in [5.41, 5.74) is -0.0859. The van der Waals surface area contributed by atoms with Gasteiger partial charge >= 0.3 is 0 Å². The molecular weight excluding hydrogens is 327 g/mol. The molecule has 0 aliphatic carbocycles. The molecule has 1 atom stereocenters. The fraction of sp³-hybridized carbons (Fsp3) is 0.706. The zero-order valence-electron chi connectivity index (χ0n) is 14.8. The Kier molecular flexibility index (Phi) is 5.48. The SMILES string of the molecule is COCCN1CC2(CCN(c3ncc(F)cn3)CC2)C(COC)C1=O. The van der Waals surface area contributed by atoms with Crippen LogP contribution in [0.4, 0.5) is 10.3 Å². The molecule has 0 radical (unpaired) electrons. The molecule has 2 aliphatic heterocycles. The molecule has 3 rings (SSSR count). The second-order valence-electron chi connectivity index (χ2n) is 6.81. The lowest BCUT2D eigenvalue weighted by atomic mass is 9.71. The minimum Gasteiger partial charge on any atom is -0.384 e. The molecule has 2 saturated heterocycles. The molecule has 25 heavy (non-hydrogen) atoms. The smallest absolute Gasteiger partial charge is 0.228 e. The Hall–Kier alpha value is -1.80. The first kappa shape index (κ1) is 18.0. The molecule has 0 aromatic carbocycles. The lowest BCUT2D eigenvalue weighted by Gasteiger charge is -2.41. The Balaban J connectivity index is 1.70. The van der Waals surface area contributed by atoms with Crippen molar-refractivity contribution in [1.82, 2.24) is 14.9 Å². The van der Waals surface area contributed by atoms with Crippen molar-refractivity contribution in [1.29, 1.82) is 0 Å². The Bertz CT molecular complexity index is 590. The van der Waals surface area contributed by atoms with E-state index in [0.717, 1.165) is 32.5 Å². The monoisotopic (exact) mass is 352 g/mol. The van der Waals surface area contributed by atoms with Gasteiger partial charge in [0, 0.05) is 45.8 Å². The van der Waals surface area contributed by atoms with Gasteiger partial charge in [-0.05, 0) is 12.8 Å². The number of hydrogen-bond acceptors (Lipinski definition) is 6. The van der Waals surface area contributed by atoms with Crippen LogP contribution in [0.15, 0.2) is 12.4 Å². The van der Waals surface area contributed by atoms with Gasteiger partial charge in [-0.25, -0.2) is 14.4 Å². The standard InChI is InChI=1S/C17H25FN4O3/c1-24-8-7-22-12-17(14(11-25-2)15(22)23)3-5-21(6-4-17)16-19-9-13(18)10-20-16/h9-10,14H,3-8,11-12H2,1-2H3. The third-order valence-electron chi connectivity index (χ3n) is 5.40. The maximum Gasteiger partial charge on any atom is 0.228 e. The van der Waals surface area contributed by atoms with Gasteiger partial charge in [0.1, 0.15) is 0 Å². The van der Waals surface area contributed by atoms with Gasteiger partial charge in [0.15, 0.2) is 5.82 Å². The first-order valence-corrected chi connectivity index (χ1v) is 8.59. The van der Waals surface area contributed by atoms with E-state index in [4.69, 9.17) is 9.47 Å². The molecule has 1 unspecified atom stereocenters. The molecule has 0 N–H and O–H groups in total. The van der Waals surface area contributed by atoms with Gasteiger partial charge in [-0.3, -0.25) is 4.79 Å². The van der Waals surface area contributed by atoms with Crippen LogP contribution in [0.1, 0.15) is 12.8 Å². The van der Waals surface area contributed by atoms with E-state index in [9.17, 15) is 9.18 Å². The molecule has 1 spiro atoms. The minimum atomic E-state index is -0.437. The zero-order chi connectivity index (χ0) is 17.9. The number of amides is 1. The Morgan fingerprint density at radius 1 is 1.24 bits per heavy atom. The van der Waals surface area contributed by atoms with Gasteiger partial charge in [0.25, 0.3) is 0 Å². The van der Waals surface area contributed by atoms with E-state index < -0.39 is 5.82 Å². The van der Waals surface area contributed by atoms with Crippen LogP contribution in [0.2, 0.25) is 0 Å². The maximum atomic E-state index is 13.0. The Morgan fingerprint density at radius 3 is 2.52 bits per heavy atom. The fourth-order valence-electron chi connectivity index (χ4n) is 3.98. The largest absolute Gasteiger partial charge is 0.384 e. The van der Waals surface area contributed by atoms with Crippen LogP contribution < -0.4 is 4.90 Å². The predicted octanol–water partition coefficient (Wildman–Crippen LogP) is 0.953. The summed E-state index contributed by atoms with van der Waals surface area (Å²) in [6, 6.07) is 0. The summed E-state index contributed by atoms with van der Waals surface area (Å²) < 4.78 is 23.5. The molecule has 138 valence electrons. The highest BCUT2D eigenvalue weighted by molar-refractivity contribution is 5.82. The summed E-state index contributed by atoms with van der Waals surface area (Å²) in [5, 5.41) is 0. The van der Waals surface area contributed by atoms with Gasteiger partial charge in [-0.15, -0.1) is 0 Å². The van der Waals surface area contributed by atoms with E-state index >= 15 is 0 Å². The number of hydrogen-bond donors (Lipinski definition) is 0. The van der Waals surface area contributed by atoms with Crippen LogP contribution in [0, 0.1) is 17.2 Å². The van der Waals surface area contributed by atoms with Crippen molar-refractivity contribution < 1.29 is 18.7 Å². The third-order valence-corrected chi connectivity index (χ3v) is 5.40. The Labute approximate surface area is 147 Å². The van der Waals surface area contributed by atoms with Gasteiger partial charge in [0.2, 0.25) is 11.9 Å². The average Bonchev–Trinajstić information content (AvgIpc) is 2.87. The van der Waals surface area contributed by atoms with E-state index in [2.05, 4.69) is 14.9 Å². The summed E-state index contributed by atoms with van der Waals surface area (Å²) in [6.45, 7) is 3.82. The molecule has 0 saturated carbocycles. The summed E-state index contributed by atoms with van der Waals surface area (Å²) >= 11 is 0. The summed E-state index contributed by atoms with van der Waals surface area (Å²) in [4.78, 5) is 24.9. The lowest BCUT2D eigenvalue weighted by Crippen LogP contribution is -2.46. The van der Waals surface area contributed by atoms with Crippen molar-refractivity contribution in [3.05, 3.63) is 18.2 Å². The minimum absolute atomic E-state index is 0.0859. The van der Waals surface area contributed by atoms with E-state index in [-0.39, 0.29) is 17.2 Å². The van der Waals surface area contributed by atoms with Crippen molar-refractivity contribution >= 4 is 11.9 Å². The van der Waals surface area contributed by atoms with Gasteiger partial charge in [0.05, 0.1) is 31.5 Å². The van der Waals surface area contributed by atoms with Gasteiger partial charge in [-0.1, -0.05) is 0 Å². The molecule has 2 aliphatic rings. The molecule has 2 fully saturated rings. The first-order valence-electron chi connectivity index (χ1n) is 8.59. The molecule has 3 heterocycles. The normalized spacial score (nSPS) is 22.8. The lowest BCUT2D eigenvalue weighted by molar-refractivity contribution is -0.133. The van der Waals surface area contributed by atoms with E-state index in [0.29, 0.717) is 25.7 Å². The first-order chi connectivity index (χ1) is 12.1. The third kappa shape index (κ3) is 3.59. The fourth-order valence-corrected chi connectivity index (χ4v) is 3.98. The van der Waals surface area contributed by atoms with Crippen molar-refractivity contribution in [3.63, 3.8) is 0 Å². The van der Waals surface area contributed by atoms with E-state index in [1.54, 1.807) is 14.2 Å². The van der Waals surface area contributed by atoms with Crippen LogP contribution in [-0.2, 0) is 14.3 Å². The topological polar surface area (TPSA) is 67.8 Å². The number of methoxy groups -OCH3 is 2.